The van der Waals surface area contributed by atoms with Crippen LogP contribution < -0.4 is 15.4 Å². The maximum Gasteiger partial charge on any atom is 0.267 e. The first kappa shape index (κ1) is 19.7. The van der Waals surface area contributed by atoms with E-state index in [2.05, 4.69) is 9.97 Å². The smallest absolute Gasteiger partial charge is 0.267 e. The Morgan fingerprint density at radius 1 is 1.00 bits per heavy atom. The highest BCUT2D eigenvalue weighted by molar-refractivity contribution is 5.92. The number of aromatic nitrogens is 2. The molecular weight excluding hydrogens is 391 g/mol. The van der Waals surface area contributed by atoms with Crippen molar-refractivity contribution in [1.29, 1.82) is 0 Å². The lowest BCUT2D eigenvalue weighted by Gasteiger charge is -2.17. The van der Waals surface area contributed by atoms with Crippen LogP contribution in [0.5, 0.6) is 11.5 Å². The molecule has 30 heavy (non-hydrogen) atoms. The Morgan fingerprint density at radius 2 is 1.57 bits per heavy atom. The maximum absolute atomic E-state index is 13.0. The SMILES string of the molecule is NC(=O)c1cc(N2C[C@@H](O)[C@H](O)C2)nc(-c2ccc(Oc3ccc(F)cc3)cc2)n1. The zero-order valence-corrected chi connectivity index (χ0v) is 15.8. The van der Waals surface area contributed by atoms with E-state index < -0.39 is 18.1 Å². The number of primary amides is 1. The summed E-state index contributed by atoms with van der Waals surface area (Å²) in [5, 5.41) is 19.6. The van der Waals surface area contributed by atoms with Gasteiger partial charge in [0.15, 0.2) is 5.82 Å². The number of amides is 1. The second-order valence-corrected chi connectivity index (χ2v) is 6.92. The van der Waals surface area contributed by atoms with E-state index >= 15 is 0 Å². The summed E-state index contributed by atoms with van der Waals surface area (Å²) in [6.07, 6.45) is -1.80. The topological polar surface area (TPSA) is 122 Å². The predicted octanol–water partition coefficient (Wildman–Crippen LogP) is 1.72. The molecule has 2 atom stereocenters. The highest BCUT2D eigenvalue weighted by Gasteiger charge is 2.31. The first-order chi connectivity index (χ1) is 14.4. The highest BCUT2D eigenvalue weighted by atomic mass is 19.1. The van der Waals surface area contributed by atoms with Crippen LogP contribution in [-0.2, 0) is 0 Å². The van der Waals surface area contributed by atoms with Gasteiger partial charge >= 0.3 is 0 Å². The van der Waals surface area contributed by atoms with Crippen LogP contribution in [0.25, 0.3) is 11.4 Å². The molecule has 9 heteroatoms. The van der Waals surface area contributed by atoms with Crippen molar-refractivity contribution in [3.63, 3.8) is 0 Å². The summed E-state index contributed by atoms with van der Waals surface area (Å²) in [6.45, 7) is 0.362. The van der Waals surface area contributed by atoms with Gasteiger partial charge in [0.05, 0.1) is 12.2 Å². The second kappa shape index (κ2) is 8.05. The van der Waals surface area contributed by atoms with E-state index in [9.17, 15) is 19.4 Å². The minimum absolute atomic E-state index is 0.0255. The standard InChI is InChI=1S/C21H19FN4O4/c22-13-3-7-15(8-4-13)30-14-5-1-12(2-6-14)21-24-16(20(23)29)9-19(25-21)26-10-17(27)18(28)11-26/h1-9,17-18,27-28H,10-11H2,(H2,23,29)/t17-,18-/m1/s1. The molecule has 2 aromatic carbocycles. The number of nitrogens with two attached hydrogens (primary N) is 1. The quantitative estimate of drug-likeness (QED) is 0.585. The van der Waals surface area contributed by atoms with Gasteiger partial charge in [0.25, 0.3) is 5.91 Å². The number of carbonyl (C=O) groups is 1. The summed E-state index contributed by atoms with van der Waals surface area (Å²) in [6, 6.07) is 13.9. The zero-order chi connectivity index (χ0) is 21.3. The molecule has 4 N–H and O–H groups in total. The third-order valence-corrected chi connectivity index (χ3v) is 4.71. The number of ether oxygens (including phenoxy) is 1. The van der Waals surface area contributed by atoms with E-state index in [4.69, 9.17) is 10.5 Å². The molecule has 0 saturated carbocycles. The molecule has 1 aromatic heterocycles. The average molecular weight is 410 g/mol. The molecule has 1 fully saturated rings. The fourth-order valence-corrected chi connectivity index (χ4v) is 3.12. The Morgan fingerprint density at radius 3 is 2.13 bits per heavy atom. The number of rotatable bonds is 5. The van der Waals surface area contributed by atoms with Crippen LogP contribution in [0.1, 0.15) is 10.5 Å². The van der Waals surface area contributed by atoms with Crippen LogP contribution in [0, 0.1) is 5.82 Å². The first-order valence-electron chi connectivity index (χ1n) is 9.23. The van der Waals surface area contributed by atoms with E-state index in [-0.39, 0.29) is 30.4 Å². The third-order valence-electron chi connectivity index (χ3n) is 4.71. The summed E-state index contributed by atoms with van der Waals surface area (Å²) >= 11 is 0. The number of aliphatic hydroxyl groups excluding tert-OH is 2. The molecule has 0 spiro atoms. The summed E-state index contributed by atoms with van der Waals surface area (Å²) < 4.78 is 18.7. The van der Waals surface area contributed by atoms with E-state index in [0.29, 0.717) is 22.9 Å². The number of halogens is 1. The normalized spacial score (nSPS) is 18.4. The van der Waals surface area contributed by atoms with Gasteiger partial charge < -0.3 is 25.6 Å². The van der Waals surface area contributed by atoms with Gasteiger partial charge in [0, 0.05) is 24.7 Å². The van der Waals surface area contributed by atoms with Crippen LogP contribution >= 0.6 is 0 Å². The Balaban J connectivity index is 1.61. The Bertz CT molecular complexity index is 1050. The number of hydrogen-bond acceptors (Lipinski definition) is 7. The first-order valence-corrected chi connectivity index (χ1v) is 9.23. The van der Waals surface area contributed by atoms with Gasteiger partial charge in [-0.25, -0.2) is 14.4 Å². The minimum atomic E-state index is -0.900. The van der Waals surface area contributed by atoms with E-state index in [1.807, 2.05) is 0 Å². The number of hydrogen-bond donors (Lipinski definition) is 3. The fraction of sp³-hybridized carbons (Fsp3) is 0.190. The maximum atomic E-state index is 13.0. The van der Waals surface area contributed by atoms with Gasteiger partial charge in [-0.05, 0) is 48.5 Å². The molecule has 1 aliphatic rings. The van der Waals surface area contributed by atoms with Crippen molar-refractivity contribution in [3.8, 4) is 22.9 Å². The van der Waals surface area contributed by atoms with E-state index in [0.717, 1.165) is 0 Å². The molecule has 8 nitrogen and oxygen atoms in total. The van der Waals surface area contributed by atoms with Crippen molar-refractivity contribution >= 4 is 11.7 Å². The molecule has 4 rings (SSSR count). The van der Waals surface area contributed by atoms with Gasteiger partial charge in [0.2, 0.25) is 0 Å². The van der Waals surface area contributed by atoms with Crippen molar-refractivity contribution in [2.75, 3.05) is 18.0 Å². The van der Waals surface area contributed by atoms with Crippen LogP contribution in [-0.4, -0.2) is 51.4 Å². The summed E-state index contributed by atoms with van der Waals surface area (Å²) in [5.74, 6) is 0.614. The van der Waals surface area contributed by atoms with Crippen LogP contribution in [0.15, 0.2) is 54.6 Å². The monoisotopic (exact) mass is 410 g/mol. The molecule has 0 unspecified atom stereocenters. The zero-order valence-electron chi connectivity index (χ0n) is 15.8. The van der Waals surface area contributed by atoms with Crippen molar-refractivity contribution in [2.24, 2.45) is 5.73 Å². The van der Waals surface area contributed by atoms with Gasteiger partial charge in [-0.15, -0.1) is 0 Å². The van der Waals surface area contributed by atoms with Crippen LogP contribution in [0.2, 0.25) is 0 Å². The molecule has 1 aliphatic heterocycles. The van der Waals surface area contributed by atoms with Gasteiger partial charge in [-0.1, -0.05) is 0 Å². The van der Waals surface area contributed by atoms with Crippen molar-refractivity contribution in [3.05, 3.63) is 66.1 Å². The molecule has 1 amide bonds. The number of anilines is 1. The average Bonchev–Trinajstić information content (AvgIpc) is 3.08. The van der Waals surface area contributed by atoms with E-state index in [1.54, 1.807) is 29.2 Å². The molecular formula is C21H19FN4O4. The van der Waals surface area contributed by atoms with Crippen molar-refractivity contribution < 1.29 is 24.1 Å². The van der Waals surface area contributed by atoms with Gasteiger partial charge in [0.1, 0.15) is 28.8 Å². The number of β-amino-alcohol motifs (C(OH)–C–C–N with tert-alkyl or cyclic N) is 2. The second-order valence-electron chi connectivity index (χ2n) is 6.92. The molecule has 1 saturated heterocycles. The lowest BCUT2D eigenvalue weighted by Crippen LogP contribution is -2.24. The lowest BCUT2D eigenvalue weighted by atomic mass is 10.2. The summed E-state index contributed by atoms with van der Waals surface area (Å²) in [4.78, 5) is 22.1. The molecule has 0 bridgehead atoms. The van der Waals surface area contributed by atoms with Crippen LogP contribution in [0.4, 0.5) is 10.2 Å². The van der Waals surface area contributed by atoms with Gasteiger partial charge in [-0.2, -0.15) is 0 Å². The molecule has 0 aliphatic carbocycles. The lowest BCUT2D eigenvalue weighted by molar-refractivity contribution is 0.0572. The number of aliphatic hydroxyl groups is 2. The molecule has 154 valence electrons. The molecule has 2 heterocycles. The predicted molar refractivity (Wildman–Crippen MR) is 107 cm³/mol. The van der Waals surface area contributed by atoms with E-state index in [1.165, 1.54) is 30.3 Å². The largest absolute Gasteiger partial charge is 0.457 e. The molecule has 3 aromatic rings. The minimum Gasteiger partial charge on any atom is -0.457 e. The number of carbonyl (C=O) groups excluding carboxylic acids is 1. The van der Waals surface area contributed by atoms with Gasteiger partial charge in [-0.3, -0.25) is 4.79 Å². The fourth-order valence-electron chi connectivity index (χ4n) is 3.12. The highest BCUT2D eigenvalue weighted by Crippen LogP contribution is 2.27. The Hall–Kier alpha value is -3.56. The van der Waals surface area contributed by atoms with Crippen LogP contribution in [0.3, 0.4) is 0 Å². The molecule has 0 radical (unpaired) electrons. The third kappa shape index (κ3) is 4.22. The summed E-state index contributed by atoms with van der Waals surface area (Å²) in [7, 11) is 0. The van der Waals surface area contributed by atoms with Crippen molar-refractivity contribution in [2.45, 2.75) is 12.2 Å². The Kier molecular flexibility index (Phi) is 5.30. The Labute approximate surface area is 171 Å². The summed E-state index contributed by atoms with van der Waals surface area (Å²) in [5.41, 5.74) is 6.05. The number of benzene rings is 2. The number of nitrogens with zero attached hydrogens (tertiary/aromatic N) is 3. The van der Waals surface area contributed by atoms with Crippen molar-refractivity contribution in [1.82, 2.24) is 9.97 Å².